The molecule has 1 atom stereocenters. The zero-order valence-electron chi connectivity index (χ0n) is 13.5. The summed E-state index contributed by atoms with van der Waals surface area (Å²) in [5.41, 5.74) is 2.51. The summed E-state index contributed by atoms with van der Waals surface area (Å²) in [5.74, 6) is 1.79. The summed E-state index contributed by atoms with van der Waals surface area (Å²) in [5, 5.41) is 12.2. The maximum atomic E-state index is 5.99. The molecule has 0 bridgehead atoms. The van der Waals surface area contributed by atoms with Gasteiger partial charge in [-0.05, 0) is 31.5 Å². The number of ether oxygens (including phenoxy) is 2. The Kier molecular flexibility index (Phi) is 3.73. The lowest BCUT2D eigenvalue weighted by Crippen LogP contribution is -2.22. The van der Waals surface area contributed by atoms with Crippen LogP contribution < -0.4 is 4.74 Å². The first-order valence-electron chi connectivity index (χ1n) is 7.82. The molecule has 0 spiro atoms. The van der Waals surface area contributed by atoms with Crippen LogP contribution in [0.4, 0.5) is 0 Å². The van der Waals surface area contributed by atoms with Crippen LogP contribution in [0.2, 0.25) is 0 Å². The van der Waals surface area contributed by atoms with E-state index in [-0.39, 0.29) is 6.10 Å². The Bertz CT molecular complexity index is 840. The first kappa shape index (κ1) is 14.8. The van der Waals surface area contributed by atoms with Gasteiger partial charge in [0.05, 0.1) is 25.5 Å². The number of aromatic nitrogens is 5. The molecule has 4 rings (SSSR count). The molecular formula is C16H17N5O3. The van der Waals surface area contributed by atoms with Crippen molar-refractivity contribution in [1.29, 1.82) is 0 Å². The number of benzene rings is 1. The summed E-state index contributed by atoms with van der Waals surface area (Å²) in [7, 11) is 0. The molecule has 0 fully saturated rings. The Hall–Kier alpha value is -2.74. The quantitative estimate of drug-likeness (QED) is 0.726. The first-order valence-corrected chi connectivity index (χ1v) is 7.82. The fourth-order valence-electron chi connectivity index (χ4n) is 2.72. The average Bonchev–Trinajstić information content (AvgIpc) is 3.21. The fourth-order valence-corrected chi connectivity index (χ4v) is 2.72. The van der Waals surface area contributed by atoms with Gasteiger partial charge in [-0.25, -0.2) is 4.68 Å². The van der Waals surface area contributed by atoms with Crippen molar-refractivity contribution in [2.24, 2.45) is 0 Å². The van der Waals surface area contributed by atoms with Crippen LogP contribution in [0.1, 0.15) is 30.1 Å². The summed E-state index contributed by atoms with van der Waals surface area (Å²) in [6.07, 6.45) is -0.0767. The van der Waals surface area contributed by atoms with Gasteiger partial charge in [0.1, 0.15) is 11.9 Å². The van der Waals surface area contributed by atoms with Crippen LogP contribution in [0.25, 0.3) is 11.6 Å². The van der Waals surface area contributed by atoms with Crippen LogP contribution in [0.15, 0.2) is 28.8 Å². The summed E-state index contributed by atoms with van der Waals surface area (Å²) >= 11 is 0. The summed E-state index contributed by atoms with van der Waals surface area (Å²) in [6, 6.07) is 7.93. The van der Waals surface area contributed by atoms with Crippen molar-refractivity contribution in [1.82, 2.24) is 25.1 Å². The van der Waals surface area contributed by atoms with Gasteiger partial charge < -0.3 is 14.0 Å². The molecule has 0 saturated heterocycles. The Morgan fingerprint density at radius 1 is 1.29 bits per heavy atom. The number of nitrogens with zero attached hydrogens (tertiary/aromatic N) is 5. The van der Waals surface area contributed by atoms with Gasteiger partial charge in [0.25, 0.3) is 5.89 Å². The lowest BCUT2D eigenvalue weighted by molar-refractivity contribution is -0.00119. The Balaban J connectivity index is 1.55. The van der Waals surface area contributed by atoms with Crippen molar-refractivity contribution < 1.29 is 14.0 Å². The predicted molar refractivity (Wildman–Crippen MR) is 83.2 cm³/mol. The highest BCUT2D eigenvalue weighted by Crippen LogP contribution is 2.30. The van der Waals surface area contributed by atoms with E-state index in [1.54, 1.807) is 6.92 Å². The minimum atomic E-state index is -0.0767. The lowest BCUT2D eigenvalue weighted by Gasteiger charge is -2.24. The van der Waals surface area contributed by atoms with Gasteiger partial charge >= 0.3 is 0 Å². The number of hydrogen-bond donors (Lipinski definition) is 0. The molecule has 0 saturated carbocycles. The van der Waals surface area contributed by atoms with E-state index >= 15 is 0 Å². The van der Waals surface area contributed by atoms with Gasteiger partial charge in [0, 0.05) is 0 Å². The van der Waals surface area contributed by atoms with Gasteiger partial charge in [0.15, 0.2) is 11.5 Å². The molecule has 2 aromatic heterocycles. The zero-order chi connectivity index (χ0) is 16.5. The van der Waals surface area contributed by atoms with Crippen LogP contribution >= 0.6 is 0 Å². The van der Waals surface area contributed by atoms with Gasteiger partial charge in [-0.15, -0.1) is 5.10 Å². The molecule has 1 aromatic carbocycles. The molecule has 0 radical (unpaired) electrons. The number of aryl methyl sites for hydroxylation is 1. The van der Waals surface area contributed by atoms with Gasteiger partial charge in [-0.1, -0.05) is 22.5 Å². The molecule has 1 aliphatic heterocycles. The van der Waals surface area contributed by atoms with Crippen molar-refractivity contribution >= 4 is 0 Å². The maximum absolute atomic E-state index is 5.99. The van der Waals surface area contributed by atoms with Gasteiger partial charge in [0.2, 0.25) is 0 Å². The molecule has 0 amide bonds. The molecule has 3 aromatic rings. The van der Waals surface area contributed by atoms with Crippen LogP contribution in [0.5, 0.6) is 5.75 Å². The normalized spacial score (nSPS) is 16.8. The van der Waals surface area contributed by atoms with E-state index in [2.05, 4.69) is 20.5 Å². The van der Waals surface area contributed by atoms with E-state index in [1.807, 2.05) is 35.9 Å². The summed E-state index contributed by atoms with van der Waals surface area (Å²) in [6.45, 7) is 5.36. The second kappa shape index (κ2) is 6.04. The van der Waals surface area contributed by atoms with Gasteiger partial charge in [-0.3, -0.25) is 0 Å². The second-order valence-corrected chi connectivity index (χ2v) is 5.52. The van der Waals surface area contributed by atoms with E-state index in [0.717, 1.165) is 17.0 Å². The minimum Gasteiger partial charge on any atom is -0.494 e. The van der Waals surface area contributed by atoms with Crippen LogP contribution in [0, 0.1) is 6.92 Å². The SMILES string of the molecule is CCOc1ccc([C@H]2Cn3nnc(-c4nc(C)no4)c3CO2)cc1. The zero-order valence-corrected chi connectivity index (χ0v) is 13.5. The maximum Gasteiger partial charge on any atom is 0.280 e. The highest BCUT2D eigenvalue weighted by molar-refractivity contribution is 5.49. The van der Waals surface area contributed by atoms with Crippen LogP contribution in [-0.2, 0) is 17.9 Å². The first-order chi connectivity index (χ1) is 11.7. The molecule has 3 heterocycles. The highest BCUT2D eigenvalue weighted by atomic mass is 16.5. The summed E-state index contributed by atoms with van der Waals surface area (Å²) in [4.78, 5) is 4.20. The largest absolute Gasteiger partial charge is 0.494 e. The average molecular weight is 327 g/mol. The fraction of sp³-hybridized carbons (Fsp3) is 0.375. The minimum absolute atomic E-state index is 0.0767. The molecule has 8 nitrogen and oxygen atoms in total. The smallest absolute Gasteiger partial charge is 0.280 e. The third kappa shape index (κ3) is 2.65. The molecule has 124 valence electrons. The highest BCUT2D eigenvalue weighted by Gasteiger charge is 2.27. The predicted octanol–water partition coefficient (Wildman–Crippen LogP) is 2.31. The molecular weight excluding hydrogens is 310 g/mol. The third-order valence-corrected chi connectivity index (χ3v) is 3.89. The third-order valence-electron chi connectivity index (χ3n) is 3.89. The van der Waals surface area contributed by atoms with Crippen molar-refractivity contribution in [3.63, 3.8) is 0 Å². The van der Waals surface area contributed by atoms with Crippen LogP contribution in [-0.4, -0.2) is 31.7 Å². The second-order valence-electron chi connectivity index (χ2n) is 5.52. The number of rotatable bonds is 4. The van der Waals surface area contributed by atoms with Crippen molar-refractivity contribution in [3.05, 3.63) is 41.3 Å². The Labute approximate surface area is 138 Å². The van der Waals surface area contributed by atoms with Crippen molar-refractivity contribution in [2.75, 3.05) is 6.61 Å². The molecule has 8 heteroatoms. The lowest BCUT2D eigenvalue weighted by atomic mass is 10.1. The molecule has 0 aliphatic carbocycles. The topological polar surface area (TPSA) is 88.1 Å². The molecule has 24 heavy (non-hydrogen) atoms. The van der Waals surface area contributed by atoms with E-state index in [4.69, 9.17) is 14.0 Å². The van der Waals surface area contributed by atoms with Crippen molar-refractivity contribution in [2.45, 2.75) is 33.1 Å². The molecule has 1 aliphatic rings. The van der Waals surface area contributed by atoms with Crippen LogP contribution in [0.3, 0.4) is 0 Å². The van der Waals surface area contributed by atoms with E-state index in [9.17, 15) is 0 Å². The number of fused-ring (bicyclic) bond motifs is 1. The molecule has 0 unspecified atom stereocenters. The Morgan fingerprint density at radius 2 is 2.12 bits per heavy atom. The van der Waals surface area contributed by atoms with Gasteiger partial charge in [-0.2, -0.15) is 4.98 Å². The van der Waals surface area contributed by atoms with E-state index in [1.165, 1.54) is 0 Å². The number of hydrogen-bond acceptors (Lipinski definition) is 7. The standard InChI is InChI=1S/C16H17N5O3/c1-3-22-12-6-4-11(5-7-12)14-8-21-13(9-23-14)15(18-20-21)16-17-10(2)19-24-16/h4-7,14H,3,8-9H2,1-2H3/t14-/m1/s1. The van der Waals surface area contributed by atoms with E-state index in [0.29, 0.717) is 37.2 Å². The van der Waals surface area contributed by atoms with E-state index < -0.39 is 0 Å². The molecule has 0 N–H and O–H groups in total. The summed E-state index contributed by atoms with van der Waals surface area (Å²) < 4.78 is 18.5. The monoisotopic (exact) mass is 327 g/mol. The van der Waals surface area contributed by atoms with Crippen molar-refractivity contribution in [3.8, 4) is 17.3 Å². The Morgan fingerprint density at radius 3 is 2.83 bits per heavy atom.